The van der Waals surface area contributed by atoms with Crippen LogP contribution in [-0.2, 0) is 23.6 Å². The summed E-state index contributed by atoms with van der Waals surface area (Å²) in [6.07, 6.45) is -1.27. The van der Waals surface area contributed by atoms with Gasteiger partial charge in [0.1, 0.15) is 5.82 Å². The first-order valence-corrected chi connectivity index (χ1v) is 10.1. The monoisotopic (exact) mass is 427 g/mol. The highest BCUT2D eigenvalue weighted by Gasteiger charge is 2.52. The molecular weight excluding hydrogens is 400 g/mol. The van der Waals surface area contributed by atoms with Gasteiger partial charge >= 0.3 is 13.1 Å². The molecule has 0 saturated carbocycles. The number of carbonyl (C=O) groups is 2. The molecule has 1 amide bonds. The van der Waals surface area contributed by atoms with Crippen LogP contribution in [0, 0.1) is 12.7 Å². The van der Waals surface area contributed by atoms with Crippen molar-refractivity contribution in [2.45, 2.75) is 58.8 Å². The number of rotatable bonds is 5. The zero-order valence-corrected chi connectivity index (χ0v) is 18.6. The zero-order valence-electron chi connectivity index (χ0n) is 18.6. The highest BCUT2D eigenvalue weighted by Crippen LogP contribution is 2.36. The van der Waals surface area contributed by atoms with Crippen LogP contribution in [0.3, 0.4) is 0 Å². The molecule has 0 bridgehead atoms. The first kappa shape index (κ1) is 23.0. The van der Waals surface area contributed by atoms with Gasteiger partial charge in [0.15, 0.2) is 0 Å². The summed E-state index contributed by atoms with van der Waals surface area (Å²) in [7, 11) is -0.518. The standard InChI is InChI=1S/C23H27BFNO5/c1-14-12-18(10-11-19(14)24-30-22(3,4)23(5,6)31-24)26-21(28)20(29-15(2)27)16-8-7-9-17(25)13-16/h7-13,20H,1-6H3,(H,26,28). The van der Waals surface area contributed by atoms with Gasteiger partial charge in [-0.3, -0.25) is 9.59 Å². The lowest BCUT2D eigenvalue weighted by Crippen LogP contribution is -2.41. The summed E-state index contributed by atoms with van der Waals surface area (Å²) in [6.45, 7) is 11.0. The van der Waals surface area contributed by atoms with Crippen LogP contribution in [-0.4, -0.2) is 30.2 Å². The second kappa shape index (κ2) is 8.44. The van der Waals surface area contributed by atoms with Gasteiger partial charge in [-0.05, 0) is 69.9 Å². The van der Waals surface area contributed by atoms with Crippen molar-refractivity contribution in [2.24, 2.45) is 0 Å². The van der Waals surface area contributed by atoms with Crippen LogP contribution in [0.5, 0.6) is 0 Å². The van der Waals surface area contributed by atoms with E-state index in [0.29, 0.717) is 5.69 Å². The lowest BCUT2D eigenvalue weighted by atomic mass is 9.76. The van der Waals surface area contributed by atoms with Crippen LogP contribution in [0.15, 0.2) is 42.5 Å². The Bertz CT molecular complexity index is 991. The Morgan fingerprint density at radius 3 is 2.26 bits per heavy atom. The molecule has 0 aliphatic carbocycles. The average molecular weight is 427 g/mol. The summed E-state index contributed by atoms with van der Waals surface area (Å²) in [6, 6.07) is 10.7. The molecule has 1 fully saturated rings. The Balaban J connectivity index is 1.80. The third-order valence-electron chi connectivity index (χ3n) is 5.72. The largest absolute Gasteiger partial charge is 0.495 e. The quantitative estimate of drug-likeness (QED) is 0.582. The van der Waals surface area contributed by atoms with Gasteiger partial charge in [0.05, 0.1) is 11.2 Å². The molecule has 2 aromatic rings. The van der Waals surface area contributed by atoms with Crippen LogP contribution in [0.2, 0.25) is 0 Å². The molecule has 1 unspecified atom stereocenters. The molecule has 2 aromatic carbocycles. The maximum Gasteiger partial charge on any atom is 0.495 e. The first-order chi connectivity index (χ1) is 14.4. The summed E-state index contributed by atoms with van der Waals surface area (Å²) in [4.78, 5) is 24.3. The molecule has 1 heterocycles. The van der Waals surface area contributed by atoms with E-state index in [1.807, 2.05) is 40.7 Å². The predicted octanol–water partition coefficient (Wildman–Crippen LogP) is 3.68. The molecule has 0 spiro atoms. The molecule has 1 aliphatic rings. The normalized spacial score (nSPS) is 17.8. The van der Waals surface area contributed by atoms with Gasteiger partial charge in [-0.1, -0.05) is 18.2 Å². The molecular formula is C23H27BFNO5. The summed E-state index contributed by atoms with van der Waals surface area (Å²) in [5.41, 5.74) is 1.57. The van der Waals surface area contributed by atoms with Crippen molar-refractivity contribution in [1.82, 2.24) is 0 Å². The minimum absolute atomic E-state index is 0.248. The van der Waals surface area contributed by atoms with Crippen molar-refractivity contribution >= 4 is 30.1 Å². The summed E-state index contributed by atoms with van der Waals surface area (Å²) in [5.74, 6) is -1.75. The minimum Gasteiger partial charge on any atom is -0.447 e. The van der Waals surface area contributed by atoms with Crippen LogP contribution >= 0.6 is 0 Å². The zero-order chi connectivity index (χ0) is 23.0. The molecule has 0 aromatic heterocycles. The van der Waals surface area contributed by atoms with Crippen LogP contribution < -0.4 is 10.8 Å². The number of nitrogens with one attached hydrogen (secondary N) is 1. The van der Waals surface area contributed by atoms with Crippen molar-refractivity contribution in [3.05, 3.63) is 59.4 Å². The van der Waals surface area contributed by atoms with E-state index >= 15 is 0 Å². The van der Waals surface area contributed by atoms with Crippen molar-refractivity contribution in [1.29, 1.82) is 0 Å². The molecule has 1 saturated heterocycles. The molecule has 1 N–H and O–H groups in total. The number of benzene rings is 2. The van der Waals surface area contributed by atoms with Crippen molar-refractivity contribution < 1.29 is 28.0 Å². The van der Waals surface area contributed by atoms with Crippen molar-refractivity contribution in [3.63, 3.8) is 0 Å². The smallest absolute Gasteiger partial charge is 0.447 e. The van der Waals surface area contributed by atoms with Crippen LogP contribution in [0.4, 0.5) is 10.1 Å². The van der Waals surface area contributed by atoms with Crippen LogP contribution in [0.25, 0.3) is 0 Å². The predicted molar refractivity (Wildman–Crippen MR) is 116 cm³/mol. The molecule has 0 radical (unpaired) electrons. The van der Waals surface area contributed by atoms with Crippen LogP contribution in [0.1, 0.15) is 51.8 Å². The molecule has 31 heavy (non-hydrogen) atoms. The third-order valence-corrected chi connectivity index (χ3v) is 5.72. The van der Waals surface area contributed by atoms with E-state index in [2.05, 4.69) is 5.32 Å². The maximum absolute atomic E-state index is 13.6. The molecule has 8 heteroatoms. The van der Waals surface area contributed by atoms with Gasteiger partial charge < -0.3 is 19.4 Å². The first-order valence-electron chi connectivity index (χ1n) is 10.1. The number of hydrogen-bond acceptors (Lipinski definition) is 5. The molecule has 164 valence electrons. The van der Waals surface area contributed by atoms with E-state index in [0.717, 1.165) is 11.0 Å². The van der Waals surface area contributed by atoms with Gasteiger partial charge in [-0.2, -0.15) is 0 Å². The number of aryl methyl sites for hydroxylation is 1. The Morgan fingerprint density at radius 1 is 1.06 bits per heavy atom. The van der Waals surface area contributed by atoms with E-state index in [1.165, 1.54) is 31.2 Å². The summed E-state index contributed by atoms with van der Waals surface area (Å²) in [5, 5.41) is 2.74. The van der Waals surface area contributed by atoms with E-state index in [9.17, 15) is 14.0 Å². The molecule has 6 nitrogen and oxygen atoms in total. The Kier molecular flexibility index (Phi) is 6.25. The lowest BCUT2D eigenvalue weighted by molar-refractivity contribution is -0.152. The maximum atomic E-state index is 13.6. The topological polar surface area (TPSA) is 73.9 Å². The second-order valence-corrected chi connectivity index (χ2v) is 8.69. The number of carbonyl (C=O) groups excluding carboxylic acids is 2. The summed E-state index contributed by atoms with van der Waals surface area (Å²) >= 11 is 0. The lowest BCUT2D eigenvalue weighted by Gasteiger charge is -2.32. The number of ether oxygens (including phenoxy) is 1. The van der Waals surface area contributed by atoms with Gasteiger partial charge in [-0.15, -0.1) is 0 Å². The molecule has 3 rings (SSSR count). The highest BCUT2D eigenvalue weighted by atomic mass is 19.1. The number of esters is 1. The van der Waals surface area contributed by atoms with Gasteiger partial charge in [0.2, 0.25) is 6.10 Å². The fraction of sp³-hybridized carbons (Fsp3) is 0.391. The number of halogens is 1. The number of amides is 1. The number of anilines is 1. The SMILES string of the molecule is CC(=O)OC(C(=O)Nc1ccc(B2OC(C)(C)C(C)(C)O2)c(C)c1)c1cccc(F)c1. The van der Waals surface area contributed by atoms with Crippen molar-refractivity contribution in [2.75, 3.05) is 5.32 Å². The van der Waals surface area contributed by atoms with E-state index in [4.69, 9.17) is 14.0 Å². The second-order valence-electron chi connectivity index (χ2n) is 8.69. The Hall–Kier alpha value is -2.71. The third kappa shape index (κ3) is 4.97. The Labute approximate surface area is 182 Å². The molecule has 1 aliphatic heterocycles. The fourth-order valence-corrected chi connectivity index (χ4v) is 3.30. The molecule has 1 atom stereocenters. The number of hydrogen-bond donors (Lipinski definition) is 1. The Morgan fingerprint density at radius 2 is 1.71 bits per heavy atom. The fourth-order valence-electron chi connectivity index (χ4n) is 3.30. The average Bonchev–Trinajstić information content (AvgIpc) is 2.86. The van der Waals surface area contributed by atoms with E-state index in [1.54, 1.807) is 12.1 Å². The van der Waals surface area contributed by atoms with Gasteiger partial charge in [0, 0.05) is 18.2 Å². The van der Waals surface area contributed by atoms with Gasteiger partial charge in [0.25, 0.3) is 5.91 Å². The van der Waals surface area contributed by atoms with Crippen molar-refractivity contribution in [3.8, 4) is 0 Å². The van der Waals surface area contributed by atoms with E-state index in [-0.39, 0.29) is 5.56 Å². The van der Waals surface area contributed by atoms with Gasteiger partial charge in [-0.25, -0.2) is 4.39 Å². The van der Waals surface area contributed by atoms with E-state index < -0.39 is 42.1 Å². The minimum atomic E-state index is -1.27. The summed E-state index contributed by atoms with van der Waals surface area (Å²) < 4.78 is 31.0. The highest BCUT2D eigenvalue weighted by molar-refractivity contribution is 6.62.